The Morgan fingerprint density at radius 2 is 1.62 bits per heavy atom. The highest BCUT2D eigenvalue weighted by atomic mass is 79.9. The van der Waals surface area contributed by atoms with Crippen LogP contribution in [0.4, 0.5) is 4.79 Å². The number of benzene rings is 1. The molecule has 1 N–H and O–H groups in total. The summed E-state index contributed by atoms with van der Waals surface area (Å²) in [4.78, 5) is 37.6. The predicted octanol–water partition coefficient (Wildman–Crippen LogP) is 4.12. The van der Waals surface area contributed by atoms with Gasteiger partial charge in [0.15, 0.2) is 5.41 Å². The highest BCUT2D eigenvalue weighted by molar-refractivity contribution is 9.10. The molecular formula is C21H28BrNO6. The van der Waals surface area contributed by atoms with E-state index in [-0.39, 0.29) is 6.42 Å². The Balaban J connectivity index is 2.24. The molecule has 0 aliphatic carbocycles. The third-order valence-corrected chi connectivity index (χ3v) is 4.88. The minimum absolute atomic E-state index is 0.00997. The van der Waals surface area contributed by atoms with Gasteiger partial charge in [-0.25, -0.2) is 4.79 Å². The number of alkyl carbamates (subject to hydrolysis) is 1. The second-order valence-electron chi connectivity index (χ2n) is 8.89. The number of hydrogen-bond acceptors (Lipinski definition) is 6. The topological polar surface area (TPSA) is 90.9 Å². The van der Waals surface area contributed by atoms with Crippen LogP contribution in [0.5, 0.6) is 0 Å². The van der Waals surface area contributed by atoms with E-state index in [4.69, 9.17) is 14.2 Å². The summed E-state index contributed by atoms with van der Waals surface area (Å²) >= 11 is 3.39. The van der Waals surface area contributed by atoms with Gasteiger partial charge in [-0.05, 0) is 58.2 Å². The Morgan fingerprint density at radius 3 is 2.10 bits per heavy atom. The van der Waals surface area contributed by atoms with Crippen LogP contribution < -0.4 is 5.32 Å². The van der Waals surface area contributed by atoms with Crippen LogP contribution >= 0.6 is 15.9 Å². The average molecular weight is 470 g/mol. The lowest BCUT2D eigenvalue weighted by Gasteiger charge is -2.39. The van der Waals surface area contributed by atoms with E-state index < -0.39 is 40.9 Å². The lowest BCUT2D eigenvalue weighted by atomic mass is 9.81. The molecule has 0 radical (unpaired) electrons. The first-order valence-electron chi connectivity index (χ1n) is 9.41. The normalized spacial score (nSPS) is 19.0. The molecule has 1 fully saturated rings. The lowest BCUT2D eigenvalue weighted by Crippen LogP contribution is -2.55. The highest BCUT2D eigenvalue weighted by Crippen LogP contribution is 2.36. The van der Waals surface area contributed by atoms with Gasteiger partial charge in [0.2, 0.25) is 0 Å². The summed E-state index contributed by atoms with van der Waals surface area (Å²) < 4.78 is 16.8. The van der Waals surface area contributed by atoms with E-state index in [1.165, 1.54) is 20.8 Å². The maximum Gasteiger partial charge on any atom is 0.407 e. The smallest absolute Gasteiger partial charge is 0.407 e. The molecule has 1 aromatic carbocycles. The van der Waals surface area contributed by atoms with Crippen molar-refractivity contribution in [1.82, 2.24) is 5.32 Å². The van der Waals surface area contributed by atoms with Crippen molar-refractivity contribution in [3.63, 3.8) is 0 Å². The maximum atomic E-state index is 12.6. The number of nitrogens with one attached hydrogen (secondary N) is 1. The average Bonchev–Trinajstić information content (AvgIpc) is 2.52. The zero-order chi connectivity index (χ0) is 22.0. The molecule has 0 bridgehead atoms. The Bertz CT molecular complexity index is 761. The molecule has 1 atom stereocenters. The first kappa shape index (κ1) is 23.2. The fourth-order valence-corrected chi connectivity index (χ4v) is 3.25. The van der Waals surface area contributed by atoms with Gasteiger partial charge in [-0.15, -0.1) is 0 Å². The molecule has 8 heteroatoms. The summed E-state index contributed by atoms with van der Waals surface area (Å²) in [5.74, 6) is -2.66. The van der Waals surface area contributed by atoms with Gasteiger partial charge >= 0.3 is 18.0 Å². The van der Waals surface area contributed by atoms with Crippen LogP contribution in [0, 0.1) is 5.41 Å². The number of cyclic esters (lactones) is 2. The van der Waals surface area contributed by atoms with Crippen molar-refractivity contribution in [2.45, 2.75) is 71.8 Å². The van der Waals surface area contributed by atoms with Gasteiger partial charge in [-0.1, -0.05) is 28.1 Å². The first-order valence-corrected chi connectivity index (χ1v) is 10.2. The number of halogens is 1. The fraction of sp³-hybridized carbons (Fsp3) is 0.571. The van der Waals surface area contributed by atoms with Gasteiger partial charge in [-0.3, -0.25) is 9.59 Å². The quantitative estimate of drug-likeness (QED) is 0.515. The number of amides is 1. The van der Waals surface area contributed by atoms with Gasteiger partial charge < -0.3 is 19.5 Å². The Labute approximate surface area is 179 Å². The molecule has 1 aliphatic heterocycles. The van der Waals surface area contributed by atoms with Crippen molar-refractivity contribution in [2.75, 3.05) is 0 Å². The molecule has 1 aromatic rings. The van der Waals surface area contributed by atoms with Gasteiger partial charge in [0.05, 0.1) is 0 Å². The van der Waals surface area contributed by atoms with E-state index in [9.17, 15) is 14.4 Å². The number of hydrogen-bond donors (Lipinski definition) is 1. The third-order valence-electron chi connectivity index (χ3n) is 4.35. The van der Waals surface area contributed by atoms with Crippen molar-refractivity contribution in [2.24, 2.45) is 5.41 Å². The van der Waals surface area contributed by atoms with Gasteiger partial charge in [-0.2, -0.15) is 0 Å². The van der Waals surface area contributed by atoms with Crippen molar-refractivity contribution < 1.29 is 28.6 Å². The monoisotopic (exact) mass is 469 g/mol. The molecule has 1 heterocycles. The summed E-state index contributed by atoms with van der Waals surface area (Å²) in [5.41, 5.74) is -1.29. The summed E-state index contributed by atoms with van der Waals surface area (Å²) in [6.07, 6.45) is -0.219. The Morgan fingerprint density at radius 1 is 1.10 bits per heavy atom. The van der Waals surface area contributed by atoms with Gasteiger partial charge in [0, 0.05) is 24.4 Å². The van der Waals surface area contributed by atoms with Crippen LogP contribution in [0.1, 0.15) is 53.5 Å². The summed E-state index contributed by atoms with van der Waals surface area (Å²) in [6.45, 7) is 9.75. The number of esters is 2. The van der Waals surface area contributed by atoms with E-state index >= 15 is 0 Å². The number of carbonyl (C=O) groups is 3. The number of carbonyl (C=O) groups excluding carboxylic acids is 3. The lowest BCUT2D eigenvalue weighted by molar-refractivity contribution is -0.250. The summed E-state index contributed by atoms with van der Waals surface area (Å²) in [5, 5.41) is 2.78. The van der Waals surface area contributed by atoms with Crippen molar-refractivity contribution in [3.8, 4) is 0 Å². The van der Waals surface area contributed by atoms with Crippen LogP contribution in [0.15, 0.2) is 28.7 Å². The molecule has 0 saturated carbocycles. The molecule has 7 nitrogen and oxygen atoms in total. The highest BCUT2D eigenvalue weighted by Gasteiger charge is 2.53. The van der Waals surface area contributed by atoms with Crippen molar-refractivity contribution in [1.29, 1.82) is 0 Å². The standard InChI is InChI=1S/C21H28BrNO6/c1-19(2,3)29-18(26)23-15(11-13-7-9-14(22)10-8-13)12-21(6)16(24)27-20(4,5)28-17(21)25/h7-10,15H,11-12H2,1-6H3,(H,23,26). The van der Waals surface area contributed by atoms with E-state index in [0.717, 1.165) is 10.0 Å². The molecule has 160 valence electrons. The zero-order valence-electron chi connectivity index (χ0n) is 17.6. The van der Waals surface area contributed by atoms with E-state index in [1.54, 1.807) is 20.8 Å². The molecular weight excluding hydrogens is 442 g/mol. The minimum Gasteiger partial charge on any atom is -0.444 e. The Kier molecular flexibility index (Phi) is 6.67. The van der Waals surface area contributed by atoms with Crippen LogP contribution in [0.2, 0.25) is 0 Å². The SMILES string of the molecule is CC(C)(C)OC(=O)NC(Cc1ccc(Br)cc1)CC1(C)C(=O)OC(C)(C)OC1=O. The molecule has 1 saturated heterocycles. The molecule has 1 unspecified atom stereocenters. The second kappa shape index (κ2) is 8.34. The summed E-state index contributed by atoms with van der Waals surface area (Å²) in [7, 11) is 0. The van der Waals surface area contributed by atoms with Crippen LogP contribution in [0.25, 0.3) is 0 Å². The molecule has 2 rings (SSSR count). The van der Waals surface area contributed by atoms with Gasteiger partial charge in [0.1, 0.15) is 5.60 Å². The van der Waals surface area contributed by atoms with Crippen LogP contribution in [-0.4, -0.2) is 35.5 Å². The molecule has 1 amide bonds. The maximum absolute atomic E-state index is 12.6. The molecule has 0 aromatic heterocycles. The van der Waals surface area contributed by atoms with Crippen molar-refractivity contribution >= 4 is 34.0 Å². The molecule has 1 aliphatic rings. The van der Waals surface area contributed by atoms with E-state index in [2.05, 4.69) is 21.2 Å². The molecule has 0 spiro atoms. The van der Waals surface area contributed by atoms with E-state index in [0.29, 0.717) is 6.42 Å². The first-order chi connectivity index (χ1) is 13.2. The second-order valence-corrected chi connectivity index (χ2v) is 9.80. The van der Waals surface area contributed by atoms with E-state index in [1.807, 2.05) is 24.3 Å². The minimum atomic E-state index is -1.54. The van der Waals surface area contributed by atoms with Gasteiger partial charge in [0.25, 0.3) is 5.79 Å². The predicted molar refractivity (Wildman–Crippen MR) is 110 cm³/mol. The fourth-order valence-electron chi connectivity index (χ4n) is 2.99. The number of ether oxygens (including phenoxy) is 3. The largest absolute Gasteiger partial charge is 0.444 e. The number of rotatable bonds is 5. The van der Waals surface area contributed by atoms with Crippen molar-refractivity contribution in [3.05, 3.63) is 34.3 Å². The summed E-state index contributed by atoms with van der Waals surface area (Å²) in [6, 6.07) is 7.01. The third kappa shape index (κ3) is 6.45. The zero-order valence-corrected chi connectivity index (χ0v) is 19.2. The van der Waals surface area contributed by atoms with Crippen LogP contribution in [-0.2, 0) is 30.2 Å². The molecule has 29 heavy (non-hydrogen) atoms. The Hall–Kier alpha value is -2.09. The van der Waals surface area contributed by atoms with Crippen LogP contribution in [0.3, 0.4) is 0 Å².